The first-order valence-corrected chi connectivity index (χ1v) is 4.65. The smallest absolute Gasteiger partial charge is 0 e. The van der Waals surface area contributed by atoms with Gasteiger partial charge < -0.3 is 0 Å². The van der Waals surface area contributed by atoms with Gasteiger partial charge in [-0.1, -0.05) is 48.6 Å². The molecule has 0 N–H and O–H groups in total. The van der Waals surface area contributed by atoms with Crippen LogP contribution in [0.25, 0.3) is 0 Å². The molecule has 1 heteroatoms. The Hall–Kier alpha value is -0.417. The van der Waals surface area contributed by atoms with Gasteiger partial charge >= 0.3 is 0 Å². The van der Waals surface area contributed by atoms with Crippen LogP contribution in [0.15, 0.2) is 48.6 Å². The van der Waals surface area contributed by atoms with Crippen molar-refractivity contribution in [1.82, 2.24) is 0 Å². The molecule has 2 rings (SSSR count). The largest absolute Gasteiger partial charge is 0.0776 e. The van der Waals surface area contributed by atoms with Gasteiger partial charge in [0.05, 0.1) is 0 Å². The second-order valence-electron chi connectivity index (χ2n) is 3.44. The summed E-state index contributed by atoms with van der Waals surface area (Å²) in [6.07, 6.45) is 20.3. The van der Waals surface area contributed by atoms with Crippen molar-refractivity contribution < 1.29 is 19.5 Å². The van der Waals surface area contributed by atoms with Gasteiger partial charge in [0.15, 0.2) is 0 Å². The fraction of sp³-hybridized carbons (Fsp3) is 0.333. The zero-order chi connectivity index (χ0) is 8.23. The molecule has 70 valence electrons. The van der Waals surface area contributed by atoms with Crippen molar-refractivity contribution in [1.29, 1.82) is 0 Å². The van der Waals surface area contributed by atoms with E-state index >= 15 is 0 Å². The third kappa shape index (κ3) is 3.08. The van der Waals surface area contributed by atoms with Crippen molar-refractivity contribution in [2.24, 2.45) is 11.8 Å². The molecule has 0 aromatic heterocycles. The molecule has 0 nitrogen and oxygen atoms in total. The average Bonchev–Trinajstić information content (AvgIpc) is 2.74. The summed E-state index contributed by atoms with van der Waals surface area (Å²) in [5, 5.41) is 0. The maximum Gasteiger partial charge on any atom is 0 e. The van der Waals surface area contributed by atoms with Gasteiger partial charge in [-0.2, -0.15) is 0 Å². The van der Waals surface area contributed by atoms with Gasteiger partial charge in [-0.3, -0.25) is 0 Å². The van der Waals surface area contributed by atoms with Crippen LogP contribution >= 0.6 is 0 Å². The van der Waals surface area contributed by atoms with E-state index in [1.807, 2.05) is 0 Å². The first kappa shape index (κ1) is 10.7. The molecule has 0 unspecified atom stereocenters. The average molecular weight is 259 g/mol. The minimum absolute atomic E-state index is 0. The minimum atomic E-state index is 0. The Balaban J connectivity index is 0.000000845. The van der Waals surface area contributed by atoms with Crippen LogP contribution in [-0.4, -0.2) is 0 Å². The molecule has 0 amide bonds. The molecule has 13 heavy (non-hydrogen) atoms. The Morgan fingerprint density at radius 3 is 1.23 bits per heavy atom. The van der Waals surface area contributed by atoms with E-state index in [4.69, 9.17) is 0 Å². The number of rotatable bonds is 3. The molecular weight excluding hydrogens is 245 g/mol. The zero-order valence-corrected chi connectivity index (χ0v) is 9.28. The third-order valence-electron chi connectivity index (χ3n) is 2.49. The van der Waals surface area contributed by atoms with Crippen molar-refractivity contribution in [3.63, 3.8) is 0 Å². The maximum absolute atomic E-state index is 2.28. The molecule has 0 saturated carbocycles. The second kappa shape index (κ2) is 5.34. The normalized spacial score (nSPS) is 20.0. The number of allylic oxidation sites excluding steroid dienone is 8. The molecule has 0 aromatic carbocycles. The molecule has 0 aliphatic heterocycles. The quantitative estimate of drug-likeness (QED) is 0.682. The van der Waals surface area contributed by atoms with Crippen molar-refractivity contribution in [2.75, 3.05) is 0 Å². The topological polar surface area (TPSA) is 0 Å². The summed E-state index contributed by atoms with van der Waals surface area (Å²) < 4.78 is 0. The van der Waals surface area contributed by atoms with Crippen LogP contribution in [0.5, 0.6) is 0 Å². The van der Waals surface area contributed by atoms with Crippen LogP contribution in [0, 0.1) is 11.8 Å². The van der Waals surface area contributed by atoms with E-state index in [2.05, 4.69) is 48.6 Å². The summed E-state index contributed by atoms with van der Waals surface area (Å²) in [5.41, 5.74) is 0. The van der Waals surface area contributed by atoms with Gasteiger partial charge in [0.2, 0.25) is 0 Å². The Labute approximate surface area is 92.9 Å². The molecule has 0 radical (unpaired) electrons. The summed E-state index contributed by atoms with van der Waals surface area (Å²) in [4.78, 5) is 0. The van der Waals surface area contributed by atoms with Crippen LogP contribution < -0.4 is 0 Å². The summed E-state index contributed by atoms with van der Waals surface area (Å²) in [5.74, 6) is 1.40. The van der Waals surface area contributed by atoms with E-state index in [-0.39, 0.29) is 19.5 Å². The van der Waals surface area contributed by atoms with Gasteiger partial charge in [-0.15, -0.1) is 0 Å². The molecule has 2 aliphatic rings. The SMILES string of the molecule is C1=CC(CCC2C=CC=C2)C=C1.[Ru]. The zero-order valence-electron chi connectivity index (χ0n) is 7.54. The fourth-order valence-electron chi connectivity index (χ4n) is 1.73. The Morgan fingerprint density at radius 1 is 0.615 bits per heavy atom. The van der Waals surface area contributed by atoms with Crippen LogP contribution in [-0.2, 0) is 19.5 Å². The molecule has 0 heterocycles. The summed E-state index contributed by atoms with van der Waals surface area (Å²) in [6, 6.07) is 0. The molecular formula is C12H14Ru. The molecule has 0 fully saturated rings. The van der Waals surface area contributed by atoms with Crippen LogP contribution in [0.2, 0.25) is 0 Å². The Bertz CT molecular complexity index is 206. The molecule has 0 atom stereocenters. The van der Waals surface area contributed by atoms with E-state index in [1.165, 1.54) is 12.8 Å². The van der Waals surface area contributed by atoms with Gasteiger partial charge in [0.1, 0.15) is 0 Å². The number of hydrogen-bond acceptors (Lipinski definition) is 0. The Morgan fingerprint density at radius 2 is 0.923 bits per heavy atom. The summed E-state index contributed by atoms with van der Waals surface area (Å²) in [6.45, 7) is 0. The molecule has 2 aliphatic carbocycles. The first-order valence-electron chi connectivity index (χ1n) is 4.65. The Kier molecular flexibility index (Phi) is 4.38. The van der Waals surface area contributed by atoms with Crippen molar-refractivity contribution >= 4 is 0 Å². The number of hydrogen-bond donors (Lipinski definition) is 0. The van der Waals surface area contributed by atoms with Gasteiger partial charge in [-0.05, 0) is 24.7 Å². The maximum atomic E-state index is 2.28. The molecule has 0 bridgehead atoms. The monoisotopic (exact) mass is 260 g/mol. The molecule has 0 saturated heterocycles. The van der Waals surface area contributed by atoms with Crippen LogP contribution in [0.1, 0.15) is 12.8 Å². The predicted octanol–water partition coefficient (Wildman–Crippen LogP) is 3.25. The van der Waals surface area contributed by atoms with Crippen molar-refractivity contribution in [2.45, 2.75) is 12.8 Å². The van der Waals surface area contributed by atoms with E-state index in [0.29, 0.717) is 11.8 Å². The van der Waals surface area contributed by atoms with E-state index < -0.39 is 0 Å². The predicted molar refractivity (Wildman–Crippen MR) is 52.8 cm³/mol. The van der Waals surface area contributed by atoms with E-state index in [1.54, 1.807) is 0 Å². The first-order chi connectivity index (χ1) is 5.95. The summed E-state index contributed by atoms with van der Waals surface area (Å²) in [7, 11) is 0. The van der Waals surface area contributed by atoms with Gasteiger partial charge in [-0.25, -0.2) is 0 Å². The van der Waals surface area contributed by atoms with E-state index in [9.17, 15) is 0 Å². The van der Waals surface area contributed by atoms with Crippen LogP contribution in [0.3, 0.4) is 0 Å². The van der Waals surface area contributed by atoms with E-state index in [0.717, 1.165) is 0 Å². The van der Waals surface area contributed by atoms with Crippen molar-refractivity contribution in [3.8, 4) is 0 Å². The second-order valence-corrected chi connectivity index (χ2v) is 3.44. The van der Waals surface area contributed by atoms with Gasteiger partial charge in [0, 0.05) is 19.5 Å². The summed E-state index contributed by atoms with van der Waals surface area (Å²) >= 11 is 0. The fourth-order valence-corrected chi connectivity index (χ4v) is 1.73. The van der Waals surface area contributed by atoms with Crippen molar-refractivity contribution in [3.05, 3.63) is 48.6 Å². The molecule has 0 aromatic rings. The van der Waals surface area contributed by atoms with Crippen LogP contribution in [0.4, 0.5) is 0 Å². The van der Waals surface area contributed by atoms with Gasteiger partial charge in [0.25, 0.3) is 0 Å². The third-order valence-corrected chi connectivity index (χ3v) is 2.49. The standard InChI is InChI=1S/C12H14.Ru/c1-2-6-11(5-1)9-10-12-7-3-4-8-12;/h1-8,11-12H,9-10H2;. The minimum Gasteiger partial charge on any atom is -0.0776 e. The molecule has 0 spiro atoms.